The highest BCUT2D eigenvalue weighted by molar-refractivity contribution is 5.48. The lowest BCUT2D eigenvalue weighted by Crippen LogP contribution is -2.10. The number of H-pyrrole nitrogens is 1. The Balaban J connectivity index is 3.01. The third-order valence-corrected chi connectivity index (χ3v) is 1.57. The maximum absolute atomic E-state index is 11.1. The van der Waals surface area contributed by atoms with E-state index in [0.717, 1.165) is 0 Å². The monoisotopic (exact) mass is 160 g/mol. The Morgan fingerprint density at radius 1 is 1.58 bits per heavy atom. The van der Waals surface area contributed by atoms with Crippen LogP contribution >= 0.6 is 0 Å². The first kappa shape index (κ1) is 6.61. The van der Waals surface area contributed by atoms with Gasteiger partial charge >= 0.3 is 0 Å². The fraction of sp³-hybridized carbons (Fsp3) is 0. The van der Waals surface area contributed by atoms with Crippen molar-refractivity contribution >= 4 is 5.52 Å². The summed E-state index contributed by atoms with van der Waals surface area (Å²) < 4.78 is 1.30. The molecule has 2 rings (SSSR count). The van der Waals surface area contributed by atoms with Crippen LogP contribution in [0.4, 0.5) is 0 Å². The number of rotatable bonds is 0. The zero-order chi connectivity index (χ0) is 8.55. The molecule has 0 amide bonds. The molecule has 0 aliphatic rings. The lowest BCUT2D eigenvalue weighted by Gasteiger charge is -1.90. The fourth-order valence-electron chi connectivity index (χ4n) is 1.03. The van der Waals surface area contributed by atoms with Crippen molar-refractivity contribution in [2.45, 2.75) is 0 Å². The van der Waals surface area contributed by atoms with E-state index >= 15 is 0 Å². The second-order valence-electron chi connectivity index (χ2n) is 2.25. The van der Waals surface area contributed by atoms with Gasteiger partial charge in [-0.3, -0.25) is 4.79 Å². The van der Waals surface area contributed by atoms with Crippen LogP contribution in [0.2, 0.25) is 0 Å². The van der Waals surface area contributed by atoms with Gasteiger partial charge in [-0.25, -0.2) is 4.52 Å². The van der Waals surface area contributed by atoms with Crippen LogP contribution in [0, 0.1) is 11.3 Å². The van der Waals surface area contributed by atoms with Crippen LogP contribution in [0.5, 0.6) is 0 Å². The predicted molar refractivity (Wildman–Crippen MR) is 40.5 cm³/mol. The Morgan fingerprint density at radius 3 is 3.17 bits per heavy atom. The van der Waals surface area contributed by atoms with Gasteiger partial charge in [0.1, 0.15) is 23.6 Å². The molecular formula is C7H4N4O. The number of aromatic nitrogens is 3. The molecule has 2 aromatic rings. The van der Waals surface area contributed by atoms with Crippen molar-refractivity contribution in [1.82, 2.24) is 14.6 Å². The van der Waals surface area contributed by atoms with Gasteiger partial charge in [0.2, 0.25) is 0 Å². The van der Waals surface area contributed by atoms with Crippen molar-refractivity contribution in [3.8, 4) is 6.07 Å². The molecule has 0 saturated heterocycles. The second-order valence-corrected chi connectivity index (χ2v) is 2.25. The maximum Gasteiger partial charge on any atom is 0.275 e. The second kappa shape index (κ2) is 2.20. The molecule has 0 atom stereocenters. The maximum atomic E-state index is 11.1. The smallest absolute Gasteiger partial charge is 0.275 e. The van der Waals surface area contributed by atoms with Gasteiger partial charge in [0, 0.05) is 0 Å². The Bertz CT molecular complexity index is 516. The molecule has 58 valence electrons. The summed E-state index contributed by atoms with van der Waals surface area (Å²) in [4.78, 5) is 13.5. The van der Waals surface area contributed by atoms with E-state index in [1.54, 1.807) is 12.1 Å². The molecule has 0 aromatic carbocycles. The molecule has 0 aliphatic heterocycles. The van der Waals surface area contributed by atoms with E-state index in [1.165, 1.54) is 10.8 Å². The van der Waals surface area contributed by atoms with E-state index in [9.17, 15) is 4.79 Å². The van der Waals surface area contributed by atoms with Gasteiger partial charge in [-0.2, -0.15) is 10.4 Å². The Kier molecular flexibility index (Phi) is 1.21. The molecule has 0 bridgehead atoms. The van der Waals surface area contributed by atoms with E-state index in [2.05, 4.69) is 10.1 Å². The lowest BCUT2D eigenvalue weighted by atomic mass is 10.5. The minimum absolute atomic E-state index is 0.244. The van der Waals surface area contributed by atoms with Gasteiger partial charge in [-0.05, 0) is 12.1 Å². The number of fused-ring (bicyclic) bond motifs is 1. The molecule has 5 nitrogen and oxygen atoms in total. The first-order chi connectivity index (χ1) is 5.83. The number of hydrogen-bond acceptors (Lipinski definition) is 3. The van der Waals surface area contributed by atoms with Gasteiger partial charge in [-0.1, -0.05) is 0 Å². The van der Waals surface area contributed by atoms with E-state index < -0.39 is 0 Å². The first-order valence-corrected chi connectivity index (χ1v) is 3.28. The first-order valence-electron chi connectivity index (χ1n) is 3.28. The summed E-state index contributed by atoms with van der Waals surface area (Å²) in [5.41, 5.74) is 0.497. The number of hydrogen-bond donors (Lipinski definition) is 1. The summed E-state index contributed by atoms with van der Waals surface area (Å²) >= 11 is 0. The third-order valence-electron chi connectivity index (χ3n) is 1.57. The molecule has 2 aromatic heterocycles. The van der Waals surface area contributed by atoms with Crippen LogP contribution in [0.15, 0.2) is 23.3 Å². The standard InChI is InChI=1S/C7H4N4O/c8-3-5-1-2-6-7(12)9-4-10-11(5)6/h1-2,4H,(H,9,10,12). The average molecular weight is 160 g/mol. The summed E-state index contributed by atoms with van der Waals surface area (Å²) in [6.45, 7) is 0. The van der Waals surface area contributed by atoms with Gasteiger partial charge in [0.25, 0.3) is 5.56 Å². The quantitative estimate of drug-likeness (QED) is 0.584. The molecule has 0 aliphatic carbocycles. The Hall–Kier alpha value is -2.09. The van der Waals surface area contributed by atoms with Crippen LogP contribution in [-0.4, -0.2) is 14.6 Å². The Morgan fingerprint density at radius 2 is 2.42 bits per heavy atom. The highest BCUT2D eigenvalue weighted by Gasteiger charge is 2.02. The number of aromatic amines is 1. The molecule has 0 unspecified atom stereocenters. The van der Waals surface area contributed by atoms with Crippen molar-refractivity contribution < 1.29 is 0 Å². The van der Waals surface area contributed by atoms with Crippen molar-refractivity contribution in [1.29, 1.82) is 5.26 Å². The largest absolute Gasteiger partial charge is 0.310 e. The third kappa shape index (κ3) is 0.720. The van der Waals surface area contributed by atoms with Crippen molar-refractivity contribution in [3.05, 3.63) is 34.5 Å². The molecule has 0 spiro atoms. The summed E-state index contributed by atoms with van der Waals surface area (Å²) in [5, 5.41) is 12.4. The highest BCUT2D eigenvalue weighted by Crippen LogP contribution is 2.00. The van der Waals surface area contributed by atoms with E-state index in [1.807, 2.05) is 6.07 Å². The number of nitrogens with zero attached hydrogens (tertiary/aromatic N) is 3. The van der Waals surface area contributed by atoms with Crippen LogP contribution in [0.25, 0.3) is 5.52 Å². The molecule has 0 saturated carbocycles. The minimum atomic E-state index is -0.244. The lowest BCUT2D eigenvalue weighted by molar-refractivity contribution is 0.877. The molecule has 1 N–H and O–H groups in total. The van der Waals surface area contributed by atoms with E-state index in [0.29, 0.717) is 11.2 Å². The average Bonchev–Trinajstić information content (AvgIpc) is 2.49. The molecular weight excluding hydrogens is 156 g/mol. The van der Waals surface area contributed by atoms with Crippen LogP contribution in [0.3, 0.4) is 0 Å². The summed E-state index contributed by atoms with van der Waals surface area (Å²) in [6, 6.07) is 5.04. The van der Waals surface area contributed by atoms with Gasteiger partial charge in [0.15, 0.2) is 0 Å². The van der Waals surface area contributed by atoms with Gasteiger partial charge in [-0.15, -0.1) is 0 Å². The normalized spacial score (nSPS) is 9.92. The molecule has 0 fully saturated rings. The molecule has 0 radical (unpaired) electrons. The summed E-state index contributed by atoms with van der Waals surface area (Å²) in [7, 11) is 0. The topological polar surface area (TPSA) is 73.9 Å². The van der Waals surface area contributed by atoms with Crippen LogP contribution in [0.1, 0.15) is 5.69 Å². The summed E-state index contributed by atoms with van der Waals surface area (Å²) in [5.74, 6) is 0. The predicted octanol–water partition coefficient (Wildman–Crippen LogP) is -0.106. The molecule has 2 heterocycles. The zero-order valence-corrected chi connectivity index (χ0v) is 5.98. The minimum Gasteiger partial charge on any atom is -0.310 e. The highest BCUT2D eigenvalue weighted by atomic mass is 16.1. The van der Waals surface area contributed by atoms with Crippen molar-refractivity contribution in [2.24, 2.45) is 0 Å². The Labute approximate surface area is 66.9 Å². The molecule has 5 heteroatoms. The fourth-order valence-corrected chi connectivity index (χ4v) is 1.03. The SMILES string of the molecule is N#Cc1ccc2c(=O)[nH]cnn12. The van der Waals surface area contributed by atoms with E-state index in [4.69, 9.17) is 5.26 Å². The van der Waals surface area contributed by atoms with Crippen LogP contribution in [-0.2, 0) is 0 Å². The molecule has 12 heavy (non-hydrogen) atoms. The summed E-state index contributed by atoms with van der Waals surface area (Å²) in [6.07, 6.45) is 1.26. The van der Waals surface area contributed by atoms with Gasteiger partial charge in [0.05, 0.1) is 0 Å². The number of nitrogens with one attached hydrogen (secondary N) is 1. The van der Waals surface area contributed by atoms with Crippen LogP contribution < -0.4 is 5.56 Å². The van der Waals surface area contributed by atoms with Crippen molar-refractivity contribution in [3.63, 3.8) is 0 Å². The van der Waals surface area contributed by atoms with Crippen molar-refractivity contribution in [2.75, 3.05) is 0 Å². The van der Waals surface area contributed by atoms with E-state index in [-0.39, 0.29) is 5.56 Å². The van der Waals surface area contributed by atoms with Gasteiger partial charge < -0.3 is 4.98 Å². The zero-order valence-electron chi connectivity index (χ0n) is 5.98. The number of nitriles is 1.